The zero-order valence-corrected chi connectivity index (χ0v) is 18.7. The SMILES string of the molecule is CCCC(NC(O)CCCCCCCCCCCCCCCCC(=O)O)C(O)O. The van der Waals surface area contributed by atoms with Crippen molar-refractivity contribution >= 4 is 5.97 Å². The summed E-state index contributed by atoms with van der Waals surface area (Å²) in [4.78, 5) is 10.4. The number of unbranched alkanes of at least 4 members (excludes halogenated alkanes) is 13. The Labute approximate surface area is 178 Å². The van der Waals surface area contributed by atoms with Crippen LogP contribution >= 0.6 is 0 Å². The van der Waals surface area contributed by atoms with Gasteiger partial charge in [0.15, 0.2) is 6.29 Å². The minimum Gasteiger partial charge on any atom is -0.481 e. The van der Waals surface area contributed by atoms with Crippen molar-refractivity contribution in [1.29, 1.82) is 0 Å². The summed E-state index contributed by atoms with van der Waals surface area (Å²) in [5.74, 6) is -0.682. The smallest absolute Gasteiger partial charge is 0.303 e. The minimum atomic E-state index is -1.42. The van der Waals surface area contributed by atoms with Gasteiger partial charge in [-0.25, -0.2) is 0 Å². The van der Waals surface area contributed by atoms with Gasteiger partial charge in [0.25, 0.3) is 0 Å². The first-order chi connectivity index (χ1) is 14.0. The second-order valence-corrected chi connectivity index (χ2v) is 8.37. The summed E-state index contributed by atoms with van der Waals surface area (Å²) in [5, 5.41) is 40.0. The summed E-state index contributed by atoms with van der Waals surface area (Å²) in [6, 6.07) is -0.452. The van der Waals surface area contributed by atoms with E-state index >= 15 is 0 Å². The molecule has 0 aromatic carbocycles. The molecule has 0 aliphatic rings. The number of carbonyl (C=O) groups is 1. The predicted molar refractivity (Wildman–Crippen MR) is 118 cm³/mol. The summed E-state index contributed by atoms with van der Waals surface area (Å²) < 4.78 is 0. The Balaban J connectivity index is 3.30. The Morgan fingerprint density at radius 1 is 0.690 bits per heavy atom. The number of aliphatic carboxylic acids is 1. The van der Waals surface area contributed by atoms with Crippen molar-refractivity contribution in [3.8, 4) is 0 Å². The van der Waals surface area contributed by atoms with E-state index in [-0.39, 0.29) is 0 Å². The number of hydrogen-bond acceptors (Lipinski definition) is 5. The third-order valence-electron chi connectivity index (χ3n) is 5.48. The van der Waals surface area contributed by atoms with Crippen molar-refractivity contribution < 1.29 is 25.2 Å². The molecule has 0 aliphatic carbocycles. The fourth-order valence-corrected chi connectivity index (χ4v) is 3.70. The minimum absolute atomic E-state index is 0.310. The van der Waals surface area contributed by atoms with E-state index in [0.29, 0.717) is 19.3 Å². The van der Waals surface area contributed by atoms with Crippen LogP contribution in [0.3, 0.4) is 0 Å². The van der Waals surface area contributed by atoms with E-state index < -0.39 is 24.5 Å². The van der Waals surface area contributed by atoms with Crippen LogP contribution in [0.4, 0.5) is 0 Å². The molecule has 0 aliphatic heterocycles. The number of hydrogen-bond donors (Lipinski definition) is 5. The Hall–Kier alpha value is -0.690. The molecule has 0 aromatic heterocycles. The molecule has 0 saturated carbocycles. The molecule has 6 nitrogen and oxygen atoms in total. The summed E-state index contributed by atoms with van der Waals surface area (Å²) in [5.41, 5.74) is 0. The molecule has 0 rings (SSSR count). The standard InChI is InChI=1S/C23H47NO5/c1-2-17-20(23(28)29)24-21(25)18-15-13-11-9-7-5-3-4-6-8-10-12-14-16-19-22(26)27/h20-21,23-25,28-29H,2-19H2,1H3,(H,26,27). The normalized spacial score (nSPS) is 13.7. The van der Waals surface area contributed by atoms with E-state index in [1.165, 1.54) is 57.8 Å². The highest BCUT2D eigenvalue weighted by atomic mass is 16.5. The largest absolute Gasteiger partial charge is 0.481 e. The average Bonchev–Trinajstić information content (AvgIpc) is 2.67. The molecule has 6 heteroatoms. The molecule has 0 radical (unpaired) electrons. The number of aliphatic hydroxyl groups excluding tert-OH is 2. The summed E-state index contributed by atoms with van der Waals surface area (Å²) in [6.45, 7) is 1.98. The maximum Gasteiger partial charge on any atom is 0.303 e. The molecular formula is C23H47NO5. The van der Waals surface area contributed by atoms with Crippen molar-refractivity contribution in [2.45, 2.75) is 141 Å². The van der Waals surface area contributed by atoms with Crippen LogP contribution in [0.5, 0.6) is 0 Å². The van der Waals surface area contributed by atoms with Crippen molar-refractivity contribution in [2.75, 3.05) is 0 Å². The Morgan fingerprint density at radius 3 is 1.48 bits per heavy atom. The van der Waals surface area contributed by atoms with Gasteiger partial charge >= 0.3 is 5.97 Å². The van der Waals surface area contributed by atoms with Gasteiger partial charge in [-0.15, -0.1) is 0 Å². The first-order valence-electron chi connectivity index (χ1n) is 12.0. The summed E-state index contributed by atoms with van der Waals surface area (Å²) >= 11 is 0. The molecule has 29 heavy (non-hydrogen) atoms. The second-order valence-electron chi connectivity index (χ2n) is 8.37. The molecule has 0 heterocycles. The number of carboxylic acids is 1. The van der Waals surface area contributed by atoms with E-state index in [0.717, 1.165) is 38.5 Å². The van der Waals surface area contributed by atoms with Gasteiger partial charge in [-0.05, 0) is 25.7 Å². The van der Waals surface area contributed by atoms with Crippen molar-refractivity contribution in [2.24, 2.45) is 0 Å². The maximum absolute atomic E-state index is 10.4. The van der Waals surface area contributed by atoms with E-state index in [2.05, 4.69) is 5.32 Å². The molecule has 2 unspecified atom stereocenters. The summed E-state index contributed by atoms with van der Waals surface area (Å²) in [7, 11) is 0. The second kappa shape index (κ2) is 20.6. The lowest BCUT2D eigenvalue weighted by molar-refractivity contribution is -0.137. The third kappa shape index (κ3) is 20.4. The van der Waals surface area contributed by atoms with E-state index in [1.807, 2.05) is 6.92 Å². The molecule has 0 aromatic rings. The van der Waals surface area contributed by atoms with E-state index in [1.54, 1.807) is 0 Å². The van der Waals surface area contributed by atoms with Crippen LogP contribution in [0.25, 0.3) is 0 Å². The number of aliphatic hydroxyl groups is 3. The zero-order valence-electron chi connectivity index (χ0n) is 18.7. The van der Waals surface area contributed by atoms with E-state index in [4.69, 9.17) is 5.11 Å². The first-order valence-corrected chi connectivity index (χ1v) is 12.0. The predicted octanol–water partition coefficient (Wildman–Crippen LogP) is 4.70. The van der Waals surface area contributed by atoms with Crippen molar-refractivity contribution in [3.63, 3.8) is 0 Å². The molecule has 5 N–H and O–H groups in total. The lowest BCUT2D eigenvalue weighted by Gasteiger charge is -2.23. The molecule has 0 bridgehead atoms. The van der Waals surface area contributed by atoms with Gasteiger partial charge in [0, 0.05) is 6.42 Å². The third-order valence-corrected chi connectivity index (χ3v) is 5.48. The average molecular weight is 418 g/mol. The Bertz CT molecular complexity index is 365. The zero-order chi connectivity index (χ0) is 21.7. The fraction of sp³-hybridized carbons (Fsp3) is 0.957. The Kier molecular flexibility index (Phi) is 20.1. The quantitative estimate of drug-likeness (QED) is 0.129. The highest BCUT2D eigenvalue weighted by Crippen LogP contribution is 2.14. The van der Waals surface area contributed by atoms with Crippen LogP contribution in [-0.2, 0) is 4.79 Å². The summed E-state index contributed by atoms with van der Waals surface area (Å²) in [6.07, 6.45) is 16.9. The molecule has 2 atom stereocenters. The highest BCUT2D eigenvalue weighted by Gasteiger charge is 2.18. The van der Waals surface area contributed by atoms with Gasteiger partial charge in [-0.3, -0.25) is 10.1 Å². The first kappa shape index (κ1) is 28.3. The molecule has 0 spiro atoms. The lowest BCUT2D eigenvalue weighted by Crippen LogP contribution is -2.45. The van der Waals surface area contributed by atoms with Gasteiger partial charge < -0.3 is 20.4 Å². The number of carboxylic acid groups (broad SMARTS) is 1. The van der Waals surface area contributed by atoms with E-state index in [9.17, 15) is 20.1 Å². The van der Waals surface area contributed by atoms with Crippen LogP contribution in [0.15, 0.2) is 0 Å². The van der Waals surface area contributed by atoms with Gasteiger partial charge in [-0.2, -0.15) is 0 Å². The lowest BCUT2D eigenvalue weighted by atomic mass is 10.0. The topological polar surface area (TPSA) is 110 Å². The Morgan fingerprint density at radius 2 is 1.10 bits per heavy atom. The van der Waals surface area contributed by atoms with Crippen LogP contribution in [0.1, 0.15) is 122 Å². The maximum atomic E-state index is 10.4. The monoisotopic (exact) mass is 417 g/mol. The number of nitrogens with one attached hydrogen (secondary N) is 1. The van der Waals surface area contributed by atoms with Crippen LogP contribution in [-0.4, -0.2) is 45.0 Å². The van der Waals surface area contributed by atoms with Crippen molar-refractivity contribution in [3.05, 3.63) is 0 Å². The van der Waals surface area contributed by atoms with Crippen molar-refractivity contribution in [1.82, 2.24) is 5.32 Å². The van der Waals surface area contributed by atoms with Gasteiger partial charge in [0.2, 0.25) is 0 Å². The van der Waals surface area contributed by atoms with Gasteiger partial charge in [0.1, 0.15) is 6.23 Å². The highest BCUT2D eigenvalue weighted by molar-refractivity contribution is 5.66. The molecule has 0 fully saturated rings. The van der Waals surface area contributed by atoms with Crippen LogP contribution < -0.4 is 5.32 Å². The molecule has 0 amide bonds. The van der Waals surface area contributed by atoms with Gasteiger partial charge in [0.05, 0.1) is 6.04 Å². The van der Waals surface area contributed by atoms with Crippen LogP contribution in [0.2, 0.25) is 0 Å². The van der Waals surface area contributed by atoms with Crippen LogP contribution in [0, 0.1) is 0 Å². The fourth-order valence-electron chi connectivity index (χ4n) is 3.70. The molecular weight excluding hydrogens is 370 g/mol. The molecule has 174 valence electrons. The van der Waals surface area contributed by atoms with Gasteiger partial charge in [-0.1, -0.05) is 90.4 Å². The molecule has 0 saturated heterocycles. The number of rotatable bonds is 22.